The third-order valence-electron chi connectivity index (χ3n) is 3.84. The predicted octanol–water partition coefficient (Wildman–Crippen LogP) is 3.75. The first-order valence-corrected chi connectivity index (χ1v) is 8.32. The van der Waals surface area contributed by atoms with Crippen LogP contribution in [0, 0.1) is 0 Å². The molecule has 0 spiro atoms. The summed E-state index contributed by atoms with van der Waals surface area (Å²) in [6.07, 6.45) is 2.62. The van der Waals surface area contributed by atoms with Gasteiger partial charge in [0.1, 0.15) is 11.6 Å². The van der Waals surface area contributed by atoms with Gasteiger partial charge in [0.2, 0.25) is 5.95 Å². The molecule has 5 heteroatoms. The van der Waals surface area contributed by atoms with E-state index in [0.29, 0.717) is 12.5 Å². The van der Waals surface area contributed by atoms with Gasteiger partial charge in [-0.05, 0) is 29.7 Å². The number of benzene rings is 2. The number of hydrogen-bond donors (Lipinski definition) is 2. The molecule has 0 fully saturated rings. The van der Waals surface area contributed by atoms with Gasteiger partial charge in [-0.2, -0.15) is 4.98 Å². The summed E-state index contributed by atoms with van der Waals surface area (Å²) < 4.78 is 5.38. The number of aromatic nitrogens is 2. The molecule has 2 aromatic carbocycles. The molecule has 2 N–H and O–H groups in total. The highest BCUT2D eigenvalue weighted by molar-refractivity contribution is 5.41. The second kappa shape index (κ2) is 8.68. The molecule has 5 nitrogen and oxygen atoms in total. The number of methoxy groups -OCH3 is 1. The van der Waals surface area contributed by atoms with Crippen LogP contribution in [-0.4, -0.2) is 23.6 Å². The molecule has 0 unspecified atom stereocenters. The highest BCUT2D eigenvalue weighted by Gasteiger charge is 2.03. The van der Waals surface area contributed by atoms with Gasteiger partial charge in [0, 0.05) is 19.3 Å². The van der Waals surface area contributed by atoms with Crippen molar-refractivity contribution in [3.8, 4) is 5.75 Å². The van der Waals surface area contributed by atoms with Crippen molar-refractivity contribution in [1.82, 2.24) is 9.97 Å². The van der Waals surface area contributed by atoms with Gasteiger partial charge in [0.05, 0.1) is 7.11 Å². The van der Waals surface area contributed by atoms with E-state index < -0.39 is 0 Å². The monoisotopic (exact) mass is 334 g/mol. The molecule has 0 amide bonds. The van der Waals surface area contributed by atoms with Gasteiger partial charge in [0.15, 0.2) is 0 Å². The quantitative estimate of drug-likeness (QED) is 0.657. The largest absolute Gasteiger partial charge is 0.496 e. The summed E-state index contributed by atoms with van der Waals surface area (Å²) in [5.74, 6) is 2.34. The van der Waals surface area contributed by atoms with E-state index in [1.54, 1.807) is 13.3 Å². The van der Waals surface area contributed by atoms with Gasteiger partial charge in [-0.1, -0.05) is 48.5 Å². The summed E-state index contributed by atoms with van der Waals surface area (Å²) in [4.78, 5) is 8.76. The molecular formula is C20H22N4O. The molecule has 0 aliphatic rings. The third kappa shape index (κ3) is 4.94. The van der Waals surface area contributed by atoms with Gasteiger partial charge < -0.3 is 15.4 Å². The van der Waals surface area contributed by atoms with Crippen molar-refractivity contribution in [3.63, 3.8) is 0 Å². The Morgan fingerprint density at radius 1 is 0.920 bits per heavy atom. The Morgan fingerprint density at radius 2 is 1.72 bits per heavy atom. The maximum absolute atomic E-state index is 5.38. The molecule has 1 heterocycles. The zero-order valence-corrected chi connectivity index (χ0v) is 14.3. The fraction of sp³-hybridized carbons (Fsp3) is 0.200. The Bertz CT molecular complexity index is 792. The number of anilines is 2. The first-order chi connectivity index (χ1) is 12.3. The van der Waals surface area contributed by atoms with Crippen LogP contribution in [0.3, 0.4) is 0 Å². The minimum atomic E-state index is 0.617. The zero-order chi connectivity index (χ0) is 17.3. The van der Waals surface area contributed by atoms with Crippen LogP contribution in [0.15, 0.2) is 66.9 Å². The molecule has 0 radical (unpaired) electrons. The normalized spacial score (nSPS) is 10.3. The first-order valence-electron chi connectivity index (χ1n) is 8.32. The van der Waals surface area contributed by atoms with Crippen molar-refractivity contribution in [2.24, 2.45) is 0 Å². The van der Waals surface area contributed by atoms with Crippen molar-refractivity contribution >= 4 is 11.8 Å². The van der Waals surface area contributed by atoms with Crippen LogP contribution in [-0.2, 0) is 13.0 Å². The van der Waals surface area contributed by atoms with Gasteiger partial charge in [-0.25, -0.2) is 4.98 Å². The summed E-state index contributed by atoms with van der Waals surface area (Å²) in [6.45, 7) is 1.47. The summed E-state index contributed by atoms with van der Waals surface area (Å²) >= 11 is 0. The number of ether oxygens (including phenoxy) is 1. The van der Waals surface area contributed by atoms with E-state index in [1.165, 1.54) is 11.1 Å². The van der Waals surface area contributed by atoms with E-state index in [2.05, 4.69) is 38.8 Å². The molecular weight excluding hydrogens is 312 g/mol. The molecule has 0 saturated heterocycles. The Hall–Kier alpha value is -3.08. The highest BCUT2D eigenvalue weighted by Crippen LogP contribution is 2.17. The van der Waals surface area contributed by atoms with Crippen LogP contribution in [0.2, 0.25) is 0 Å². The summed E-state index contributed by atoms with van der Waals surface area (Å²) in [5.41, 5.74) is 2.37. The molecule has 1 aromatic heterocycles. The topological polar surface area (TPSA) is 59.1 Å². The van der Waals surface area contributed by atoms with Crippen LogP contribution in [0.1, 0.15) is 11.1 Å². The summed E-state index contributed by atoms with van der Waals surface area (Å²) in [5, 5.41) is 6.58. The molecule has 3 rings (SSSR count). The summed E-state index contributed by atoms with van der Waals surface area (Å²) in [6, 6.07) is 20.1. The van der Waals surface area contributed by atoms with Gasteiger partial charge >= 0.3 is 0 Å². The third-order valence-corrected chi connectivity index (χ3v) is 3.84. The van der Waals surface area contributed by atoms with Crippen LogP contribution in [0.5, 0.6) is 5.75 Å². The lowest BCUT2D eigenvalue weighted by Crippen LogP contribution is -2.09. The average Bonchev–Trinajstić information content (AvgIpc) is 2.68. The van der Waals surface area contributed by atoms with E-state index >= 15 is 0 Å². The van der Waals surface area contributed by atoms with Gasteiger partial charge in [-0.3, -0.25) is 0 Å². The Kier molecular flexibility index (Phi) is 5.82. The van der Waals surface area contributed by atoms with Crippen molar-refractivity contribution in [2.45, 2.75) is 13.0 Å². The van der Waals surface area contributed by atoms with Crippen molar-refractivity contribution < 1.29 is 4.74 Å². The summed E-state index contributed by atoms with van der Waals surface area (Å²) in [7, 11) is 1.70. The van der Waals surface area contributed by atoms with Crippen molar-refractivity contribution in [1.29, 1.82) is 0 Å². The lowest BCUT2D eigenvalue weighted by atomic mass is 10.1. The zero-order valence-electron chi connectivity index (χ0n) is 14.3. The van der Waals surface area contributed by atoms with Gasteiger partial charge in [0.25, 0.3) is 0 Å². The predicted molar refractivity (Wildman–Crippen MR) is 101 cm³/mol. The number of nitrogens with one attached hydrogen (secondary N) is 2. The highest BCUT2D eigenvalue weighted by atomic mass is 16.5. The fourth-order valence-electron chi connectivity index (χ4n) is 2.55. The van der Waals surface area contributed by atoms with E-state index in [-0.39, 0.29) is 0 Å². The smallest absolute Gasteiger partial charge is 0.224 e. The van der Waals surface area contributed by atoms with E-state index in [0.717, 1.165) is 24.5 Å². The fourth-order valence-corrected chi connectivity index (χ4v) is 2.55. The minimum Gasteiger partial charge on any atom is -0.496 e. The molecule has 0 aliphatic carbocycles. The van der Waals surface area contributed by atoms with Gasteiger partial charge in [-0.15, -0.1) is 0 Å². The molecule has 0 atom stereocenters. The second-order valence-electron chi connectivity index (χ2n) is 5.59. The maximum Gasteiger partial charge on any atom is 0.224 e. The molecule has 0 saturated carbocycles. The molecule has 25 heavy (non-hydrogen) atoms. The average molecular weight is 334 g/mol. The Balaban J connectivity index is 1.53. The Labute approximate surface area is 148 Å². The van der Waals surface area contributed by atoms with Crippen LogP contribution in [0.25, 0.3) is 0 Å². The van der Waals surface area contributed by atoms with E-state index in [1.807, 2.05) is 42.5 Å². The molecule has 0 aliphatic heterocycles. The van der Waals surface area contributed by atoms with E-state index in [4.69, 9.17) is 4.74 Å². The molecule has 0 bridgehead atoms. The second-order valence-corrected chi connectivity index (χ2v) is 5.59. The number of rotatable bonds is 8. The Morgan fingerprint density at radius 3 is 2.56 bits per heavy atom. The van der Waals surface area contributed by atoms with E-state index in [9.17, 15) is 0 Å². The maximum atomic E-state index is 5.38. The van der Waals surface area contributed by atoms with Crippen LogP contribution < -0.4 is 15.4 Å². The van der Waals surface area contributed by atoms with Crippen molar-refractivity contribution in [2.75, 3.05) is 24.3 Å². The molecule has 3 aromatic rings. The first kappa shape index (κ1) is 16.8. The number of hydrogen-bond acceptors (Lipinski definition) is 5. The lowest BCUT2D eigenvalue weighted by molar-refractivity contribution is 0.410. The number of nitrogens with zero attached hydrogens (tertiary/aromatic N) is 2. The SMILES string of the molecule is COc1ccccc1CCNc1ccnc(NCc2ccccc2)n1. The van der Waals surface area contributed by atoms with Crippen LogP contribution in [0.4, 0.5) is 11.8 Å². The standard InChI is InChI=1S/C20H22N4O/c1-25-18-10-6-5-9-17(18)11-13-21-19-12-14-22-20(24-19)23-15-16-7-3-2-4-8-16/h2-10,12,14H,11,13,15H2,1H3,(H2,21,22,23,24). The number of para-hydroxylation sites is 1. The van der Waals surface area contributed by atoms with Crippen molar-refractivity contribution in [3.05, 3.63) is 78.0 Å². The lowest BCUT2D eigenvalue weighted by Gasteiger charge is -2.10. The molecule has 128 valence electrons. The van der Waals surface area contributed by atoms with Crippen LogP contribution >= 0.6 is 0 Å². The minimum absolute atomic E-state index is 0.617.